The topological polar surface area (TPSA) is 131 Å². The molecule has 0 atom stereocenters. The van der Waals surface area contributed by atoms with Crippen LogP contribution in [0.1, 0.15) is 20.3 Å². The summed E-state index contributed by atoms with van der Waals surface area (Å²) in [4.78, 5) is 43.2. The molecule has 0 radical (unpaired) electrons. The number of allylic oxidation sites excluding steroid dienone is 4. The van der Waals surface area contributed by atoms with Crippen LogP contribution in [0.2, 0.25) is 0 Å². The van der Waals surface area contributed by atoms with Crippen LogP contribution in [0.15, 0.2) is 134 Å². The third-order valence-electron chi connectivity index (χ3n) is 8.63. The Balaban J connectivity index is 1.39. The number of benzene rings is 3. The molecule has 6 heterocycles. The summed E-state index contributed by atoms with van der Waals surface area (Å²) in [6, 6.07) is 26.4. The van der Waals surface area contributed by atoms with Gasteiger partial charge in [0.15, 0.2) is 33.9 Å². The Morgan fingerprint density at radius 2 is 0.962 bits per heavy atom. The van der Waals surface area contributed by atoms with Crippen molar-refractivity contribution in [1.82, 2.24) is 58.6 Å². The Bertz CT molecular complexity index is 2660. The Morgan fingerprint density at radius 3 is 1.44 bits per heavy atom. The first-order chi connectivity index (χ1) is 25.7. The largest absolute Gasteiger partial charge is 0.276 e. The molecule has 0 saturated carbocycles. The Morgan fingerprint density at radius 1 is 0.538 bits per heavy atom. The number of para-hydroxylation sites is 2. The van der Waals surface area contributed by atoms with Crippen molar-refractivity contribution in [3.05, 3.63) is 134 Å². The molecule has 0 unspecified atom stereocenters. The van der Waals surface area contributed by atoms with Crippen LogP contribution in [0.5, 0.6) is 0 Å². The highest BCUT2D eigenvalue weighted by molar-refractivity contribution is 5.87. The zero-order valence-corrected chi connectivity index (χ0v) is 28.3. The summed E-state index contributed by atoms with van der Waals surface area (Å²) in [5.74, 6) is 1.98. The number of hydrogen-bond acceptors (Lipinski definition) is 9. The minimum atomic E-state index is 0.528. The normalized spacial score (nSPS) is 12.2. The Labute approximate surface area is 297 Å². The third-order valence-corrected chi connectivity index (χ3v) is 8.63. The van der Waals surface area contributed by atoms with Crippen molar-refractivity contribution in [3.63, 3.8) is 0 Å². The molecule has 9 rings (SSSR count). The van der Waals surface area contributed by atoms with Gasteiger partial charge in [-0.3, -0.25) is 13.7 Å². The molecule has 0 fully saturated rings. The fraction of sp³-hybridized carbons (Fsp3) is 0.0750. The van der Waals surface area contributed by atoms with Crippen LogP contribution < -0.4 is 0 Å². The summed E-state index contributed by atoms with van der Waals surface area (Å²) < 4.78 is 6.12. The molecule has 3 aromatic carbocycles. The highest BCUT2D eigenvalue weighted by Crippen LogP contribution is 2.37. The van der Waals surface area contributed by atoms with Gasteiger partial charge in [-0.05, 0) is 61.9 Å². The van der Waals surface area contributed by atoms with Crippen molar-refractivity contribution in [2.24, 2.45) is 0 Å². The molecule has 12 heteroatoms. The smallest absolute Gasteiger partial charge is 0.198 e. The van der Waals surface area contributed by atoms with E-state index in [1.165, 1.54) is 0 Å². The van der Waals surface area contributed by atoms with Gasteiger partial charge in [0, 0.05) is 70.9 Å². The first-order valence-corrected chi connectivity index (χ1v) is 16.9. The van der Waals surface area contributed by atoms with E-state index in [4.69, 9.17) is 29.9 Å². The second-order valence-electron chi connectivity index (χ2n) is 11.9. The van der Waals surface area contributed by atoms with Crippen LogP contribution in [0.4, 0.5) is 0 Å². The zero-order valence-electron chi connectivity index (χ0n) is 28.3. The van der Waals surface area contributed by atoms with Gasteiger partial charge in [0.2, 0.25) is 0 Å². The van der Waals surface area contributed by atoms with Crippen LogP contribution in [0.25, 0.3) is 85.1 Å². The van der Waals surface area contributed by atoms with E-state index in [9.17, 15) is 0 Å². The number of imidazole rings is 3. The fourth-order valence-corrected chi connectivity index (χ4v) is 6.53. The lowest BCUT2D eigenvalue weighted by Crippen LogP contribution is -2.03. The van der Waals surface area contributed by atoms with E-state index in [1.54, 1.807) is 37.2 Å². The molecule has 52 heavy (non-hydrogen) atoms. The van der Waals surface area contributed by atoms with Crippen molar-refractivity contribution < 1.29 is 0 Å². The fourth-order valence-electron chi connectivity index (χ4n) is 6.53. The highest BCUT2D eigenvalue weighted by atomic mass is 15.2. The van der Waals surface area contributed by atoms with Gasteiger partial charge in [0.1, 0.15) is 17.5 Å². The quantitative estimate of drug-likeness (QED) is 0.147. The van der Waals surface area contributed by atoms with Gasteiger partial charge >= 0.3 is 0 Å². The minimum absolute atomic E-state index is 0.528. The molecule has 0 saturated heterocycles. The number of fused-ring (bicyclic) bond motifs is 3. The van der Waals surface area contributed by atoms with Gasteiger partial charge in [0.05, 0.1) is 0 Å². The average molecular weight is 679 g/mol. The van der Waals surface area contributed by atoms with Crippen molar-refractivity contribution in [1.29, 1.82) is 0 Å². The summed E-state index contributed by atoms with van der Waals surface area (Å²) in [5.41, 5.74) is 8.67. The molecule has 12 nitrogen and oxygen atoms in total. The van der Waals surface area contributed by atoms with Crippen LogP contribution in [0.3, 0.4) is 0 Å². The van der Waals surface area contributed by atoms with Crippen molar-refractivity contribution in [3.8, 4) is 45.5 Å². The molecule has 250 valence electrons. The molecule has 0 amide bonds. The van der Waals surface area contributed by atoms with Crippen LogP contribution in [0, 0.1) is 0 Å². The van der Waals surface area contributed by atoms with E-state index in [2.05, 4.69) is 56.8 Å². The number of aromatic nitrogens is 12. The van der Waals surface area contributed by atoms with E-state index >= 15 is 0 Å². The minimum Gasteiger partial charge on any atom is -0.276 e. The van der Waals surface area contributed by atoms with Crippen molar-refractivity contribution >= 4 is 39.6 Å². The first-order valence-electron chi connectivity index (χ1n) is 16.9. The standard InChI is InChI=1S/C40H30N12/c1-3-11-29(12-4-2)50-35(47-32-38(50)44-20-17-41-32)26-23-27(36-48-33-39(45-21-18-42-33)51(36)30-13-7-5-8-14-30)25-28(24-26)37-49-34-40(46-22-19-43-34)52(37)31-15-9-6-10-16-31/h3,5-25H,4H2,1-2H3/b11-3-,29-12+. The second kappa shape index (κ2) is 12.9. The van der Waals surface area contributed by atoms with E-state index in [0.717, 1.165) is 40.2 Å². The lowest BCUT2D eigenvalue weighted by atomic mass is 10.0. The van der Waals surface area contributed by atoms with Gasteiger partial charge in [-0.2, -0.15) is 0 Å². The summed E-state index contributed by atoms with van der Waals surface area (Å²) in [5, 5.41) is 0. The molecule has 0 aliphatic rings. The maximum absolute atomic E-state index is 5.10. The van der Waals surface area contributed by atoms with E-state index < -0.39 is 0 Å². The number of nitrogens with zero attached hydrogens (tertiary/aromatic N) is 12. The molecule has 0 spiro atoms. The molecule has 0 bridgehead atoms. The number of hydrogen-bond donors (Lipinski definition) is 0. The highest BCUT2D eigenvalue weighted by Gasteiger charge is 2.24. The monoisotopic (exact) mass is 678 g/mol. The predicted octanol–water partition coefficient (Wildman–Crippen LogP) is 7.91. The lowest BCUT2D eigenvalue weighted by molar-refractivity contribution is 1.07. The SMILES string of the molecule is C/C=C\C(=C/CC)n1c(-c2cc(-c3nc4nccnc4n3-c3ccccc3)cc(-c3nc4nccnc4n3-c3ccccc3)c2)nc2nccnc21. The maximum Gasteiger partial charge on any atom is 0.198 e. The molecule has 9 aromatic rings. The summed E-state index contributed by atoms with van der Waals surface area (Å²) in [6.07, 6.45) is 17.1. The third kappa shape index (κ3) is 5.21. The average Bonchev–Trinajstić information content (AvgIpc) is 3.90. The van der Waals surface area contributed by atoms with Crippen LogP contribution in [-0.2, 0) is 0 Å². The lowest BCUT2D eigenvalue weighted by Gasteiger charge is -2.15. The van der Waals surface area contributed by atoms with Gasteiger partial charge < -0.3 is 0 Å². The first kappa shape index (κ1) is 30.8. The maximum atomic E-state index is 5.10. The van der Waals surface area contributed by atoms with Crippen molar-refractivity contribution in [2.45, 2.75) is 20.3 Å². The Hall–Kier alpha value is -7.21. The Kier molecular flexibility index (Phi) is 7.65. The van der Waals surface area contributed by atoms with Crippen LogP contribution >= 0.6 is 0 Å². The molecular formula is C40H30N12. The second-order valence-corrected chi connectivity index (χ2v) is 11.9. The van der Waals surface area contributed by atoms with Gasteiger partial charge in [-0.15, -0.1) is 0 Å². The molecule has 6 aromatic heterocycles. The van der Waals surface area contributed by atoms with Crippen LogP contribution in [-0.4, -0.2) is 58.6 Å². The molecule has 0 N–H and O–H groups in total. The molecule has 0 aliphatic carbocycles. The molecule has 0 aliphatic heterocycles. The van der Waals surface area contributed by atoms with Gasteiger partial charge in [-0.1, -0.05) is 55.5 Å². The summed E-state index contributed by atoms with van der Waals surface area (Å²) >= 11 is 0. The number of rotatable bonds is 8. The summed E-state index contributed by atoms with van der Waals surface area (Å²) in [6.45, 7) is 4.11. The summed E-state index contributed by atoms with van der Waals surface area (Å²) in [7, 11) is 0. The predicted molar refractivity (Wildman–Crippen MR) is 201 cm³/mol. The van der Waals surface area contributed by atoms with E-state index in [0.29, 0.717) is 51.4 Å². The van der Waals surface area contributed by atoms with Crippen molar-refractivity contribution in [2.75, 3.05) is 0 Å². The van der Waals surface area contributed by atoms with Gasteiger partial charge in [-0.25, -0.2) is 44.9 Å². The zero-order chi connectivity index (χ0) is 35.0. The van der Waals surface area contributed by atoms with E-state index in [-0.39, 0.29) is 0 Å². The van der Waals surface area contributed by atoms with Gasteiger partial charge in [0.25, 0.3) is 0 Å². The molecular weight excluding hydrogens is 649 g/mol. The van der Waals surface area contributed by atoms with E-state index in [1.807, 2.05) is 82.8 Å².